The summed E-state index contributed by atoms with van der Waals surface area (Å²) < 4.78 is 13.0. The molecular weight excluding hydrogens is 334 g/mol. The van der Waals surface area contributed by atoms with Gasteiger partial charge in [0.2, 0.25) is 5.88 Å². The molecule has 2 aliphatic heterocycles. The largest absolute Gasteiger partial charge is 0.472 e. The lowest BCUT2D eigenvalue weighted by Crippen LogP contribution is -2.34. The molecule has 0 radical (unpaired) electrons. The summed E-state index contributed by atoms with van der Waals surface area (Å²) in [5.41, 5.74) is 2.99. The monoisotopic (exact) mass is 357 g/mol. The van der Waals surface area contributed by atoms with Gasteiger partial charge in [0.25, 0.3) is 0 Å². The van der Waals surface area contributed by atoms with Crippen molar-refractivity contribution < 1.29 is 14.3 Å². The number of hydrogen-bond donors (Lipinski definition) is 1. The van der Waals surface area contributed by atoms with Gasteiger partial charge in [0, 0.05) is 49.2 Å². The van der Waals surface area contributed by atoms with Gasteiger partial charge in [0.15, 0.2) is 0 Å². The summed E-state index contributed by atoms with van der Waals surface area (Å²) in [6.07, 6.45) is 6.24. The van der Waals surface area contributed by atoms with Crippen molar-refractivity contribution in [2.75, 3.05) is 25.1 Å². The smallest absolute Gasteiger partial charge is 0.322 e. The maximum Gasteiger partial charge on any atom is 0.322 e. The Morgan fingerprint density at radius 3 is 3.23 bits per heavy atom. The van der Waals surface area contributed by atoms with Crippen molar-refractivity contribution in [3.05, 3.63) is 35.8 Å². The Balaban J connectivity index is 1.41. The van der Waals surface area contributed by atoms with E-state index in [0.29, 0.717) is 37.9 Å². The van der Waals surface area contributed by atoms with Gasteiger partial charge >= 0.3 is 6.03 Å². The van der Waals surface area contributed by atoms with Gasteiger partial charge in [0.05, 0.1) is 26.0 Å². The third-order valence-corrected chi connectivity index (χ3v) is 4.80. The molecule has 0 unspecified atom stereocenters. The number of aryl methyl sites for hydroxylation is 1. The normalized spacial score (nSPS) is 19.7. The molecule has 4 rings (SSSR count). The molecular formula is C18H23N5O3. The Morgan fingerprint density at radius 1 is 1.46 bits per heavy atom. The maximum absolute atomic E-state index is 12.7. The molecule has 0 spiro atoms. The minimum atomic E-state index is -0.122. The van der Waals surface area contributed by atoms with E-state index in [2.05, 4.69) is 15.4 Å². The van der Waals surface area contributed by atoms with E-state index in [1.165, 1.54) is 5.69 Å². The zero-order valence-electron chi connectivity index (χ0n) is 14.9. The molecule has 2 aliphatic rings. The summed E-state index contributed by atoms with van der Waals surface area (Å²) in [7, 11) is 1.95. The molecule has 1 saturated heterocycles. The number of fused-ring (bicyclic) bond motifs is 1. The number of rotatable bonds is 3. The first-order valence-electron chi connectivity index (χ1n) is 8.95. The van der Waals surface area contributed by atoms with Crippen molar-refractivity contribution in [3.8, 4) is 5.88 Å². The van der Waals surface area contributed by atoms with Gasteiger partial charge in [-0.3, -0.25) is 4.68 Å². The molecule has 1 fully saturated rings. The molecule has 0 bridgehead atoms. The number of anilines is 1. The van der Waals surface area contributed by atoms with E-state index in [1.807, 2.05) is 22.8 Å². The van der Waals surface area contributed by atoms with Crippen molar-refractivity contribution in [2.45, 2.75) is 31.9 Å². The number of nitrogens with zero attached hydrogens (tertiary/aromatic N) is 4. The van der Waals surface area contributed by atoms with Crippen LogP contribution in [0.3, 0.4) is 0 Å². The fraction of sp³-hybridized carbons (Fsp3) is 0.500. The number of carbonyl (C=O) groups is 1. The van der Waals surface area contributed by atoms with E-state index in [0.717, 1.165) is 24.8 Å². The van der Waals surface area contributed by atoms with Crippen LogP contribution in [-0.2, 0) is 24.8 Å². The predicted molar refractivity (Wildman–Crippen MR) is 95.0 cm³/mol. The summed E-state index contributed by atoms with van der Waals surface area (Å²) >= 11 is 0. The van der Waals surface area contributed by atoms with Crippen molar-refractivity contribution in [3.63, 3.8) is 0 Å². The van der Waals surface area contributed by atoms with E-state index in [9.17, 15) is 4.79 Å². The SMILES string of the molecule is Cn1ncc2c1CCCN(C(=O)Nc1ccnc(O[C@@H]3CCOC3)c1)C2. The summed E-state index contributed by atoms with van der Waals surface area (Å²) in [6, 6.07) is 3.40. The van der Waals surface area contributed by atoms with Crippen LogP contribution in [0.5, 0.6) is 5.88 Å². The van der Waals surface area contributed by atoms with Crippen molar-refractivity contribution in [1.29, 1.82) is 0 Å². The van der Waals surface area contributed by atoms with Gasteiger partial charge in [-0.15, -0.1) is 0 Å². The van der Waals surface area contributed by atoms with Crippen LogP contribution in [-0.4, -0.2) is 51.6 Å². The quantitative estimate of drug-likeness (QED) is 0.908. The highest BCUT2D eigenvalue weighted by Gasteiger charge is 2.22. The third kappa shape index (κ3) is 3.65. The topological polar surface area (TPSA) is 81.5 Å². The van der Waals surface area contributed by atoms with Crippen LogP contribution < -0.4 is 10.1 Å². The summed E-state index contributed by atoms with van der Waals surface area (Å²) in [6.45, 7) is 2.59. The standard InChI is InChI=1S/C18H23N5O3/c1-22-16-3-2-7-23(11-13(16)10-20-22)18(24)21-14-4-6-19-17(9-14)26-15-5-8-25-12-15/h4,6,9-10,15H,2-3,5,7-8,11-12H2,1H3,(H,19,21,24)/t15-/m1/s1. The molecule has 2 aromatic heterocycles. The van der Waals surface area contributed by atoms with Gasteiger partial charge in [-0.25, -0.2) is 9.78 Å². The van der Waals surface area contributed by atoms with Crippen LogP contribution in [0.1, 0.15) is 24.1 Å². The Morgan fingerprint density at radius 2 is 2.38 bits per heavy atom. The number of hydrogen-bond acceptors (Lipinski definition) is 5. The van der Waals surface area contributed by atoms with E-state index >= 15 is 0 Å². The van der Waals surface area contributed by atoms with Crippen molar-refractivity contribution >= 4 is 11.7 Å². The second-order valence-corrected chi connectivity index (χ2v) is 6.68. The fourth-order valence-electron chi connectivity index (χ4n) is 3.39. The van der Waals surface area contributed by atoms with Crippen molar-refractivity contribution in [2.24, 2.45) is 7.05 Å². The molecule has 1 atom stereocenters. The molecule has 8 nitrogen and oxygen atoms in total. The lowest BCUT2D eigenvalue weighted by atomic mass is 10.2. The number of amides is 2. The van der Waals surface area contributed by atoms with E-state index in [4.69, 9.17) is 9.47 Å². The second kappa shape index (κ2) is 7.33. The van der Waals surface area contributed by atoms with Crippen LogP contribution in [0.4, 0.5) is 10.5 Å². The minimum Gasteiger partial charge on any atom is -0.472 e. The first-order chi connectivity index (χ1) is 12.7. The molecule has 2 amide bonds. The van der Waals surface area contributed by atoms with Gasteiger partial charge < -0.3 is 19.7 Å². The Kier molecular flexibility index (Phi) is 4.75. The number of nitrogens with one attached hydrogen (secondary N) is 1. The van der Waals surface area contributed by atoms with Gasteiger partial charge in [-0.05, 0) is 18.9 Å². The van der Waals surface area contributed by atoms with Crippen LogP contribution in [0.15, 0.2) is 24.5 Å². The lowest BCUT2D eigenvalue weighted by molar-refractivity contribution is 0.138. The van der Waals surface area contributed by atoms with Crippen LogP contribution in [0, 0.1) is 0 Å². The summed E-state index contributed by atoms with van der Waals surface area (Å²) in [5, 5.41) is 7.25. The Hall–Kier alpha value is -2.61. The predicted octanol–water partition coefficient (Wildman–Crippen LogP) is 1.96. The summed E-state index contributed by atoms with van der Waals surface area (Å²) in [4.78, 5) is 18.7. The van der Waals surface area contributed by atoms with Crippen LogP contribution >= 0.6 is 0 Å². The van der Waals surface area contributed by atoms with Crippen LogP contribution in [0.2, 0.25) is 0 Å². The zero-order valence-corrected chi connectivity index (χ0v) is 14.9. The fourth-order valence-corrected chi connectivity index (χ4v) is 3.39. The lowest BCUT2D eigenvalue weighted by Gasteiger charge is -2.21. The van der Waals surface area contributed by atoms with Gasteiger partial charge in [0.1, 0.15) is 6.10 Å². The average molecular weight is 357 g/mol. The highest BCUT2D eigenvalue weighted by Crippen LogP contribution is 2.21. The number of urea groups is 1. The molecule has 0 aromatic carbocycles. The first-order valence-corrected chi connectivity index (χ1v) is 8.95. The van der Waals surface area contributed by atoms with E-state index in [1.54, 1.807) is 18.3 Å². The minimum absolute atomic E-state index is 0.0306. The number of aromatic nitrogens is 3. The molecule has 0 aliphatic carbocycles. The van der Waals surface area contributed by atoms with E-state index < -0.39 is 0 Å². The second-order valence-electron chi connectivity index (χ2n) is 6.68. The molecule has 8 heteroatoms. The zero-order chi connectivity index (χ0) is 17.9. The average Bonchev–Trinajstić information content (AvgIpc) is 3.19. The highest BCUT2D eigenvalue weighted by atomic mass is 16.5. The molecule has 2 aromatic rings. The number of pyridine rings is 1. The molecule has 0 saturated carbocycles. The Labute approximate surface area is 152 Å². The third-order valence-electron chi connectivity index (χ3n) is 4.80. The van der Waals surface area contributed by atoms with Crippen LogP contribution in [0.25, 0.3) is 0 Å². The Bertz CT molecular complexity index is 785. The van der Waals surface area contributed by atoms with Crippen molar-refractivity contribution in [1.82, 2.24) is 19.7 Å². The molecule has 1 N–H and O–H groups in total. The first kappa shape index (κ1) is 16.8. The molecule has 26 heavy (non-hydrogen) atoms. The highest BCUT2D eigenvalue weighted by molar-refractivity contribution is 5.89. The van der Waals surface area contributed by atoms with Gasteiger partial charge in [-0.2, -0.15) is 5.10 Å². The van der Waals surface area contributed by atoms with Gasteiger partial charge in [-0.1, -0.05) is 0 Å². The summed E-state index contributed by atoms with van der Waals surface area (Å²) in [5.74, 6) is 0.503. The molecule has 4 heterocycles. The molecule has 138 valence electrons. The number of carbonyl (C=O) groups excluding carboxylic acids is 1. The maximum atomic E-state index is 12.7. The van der Waals surface area contributed by atoms with E-state index in [-0.39, 0.29) is 12.1 Å². The number of ether oxygens (including phenoxy) is 2.